The highest BCUT2D eigenvalue weighted by molar-refractivity contribution is 6.30. The molecule has 1 aliphatic carbocycles. The van der Waals surface area contributed by atoms with Gasteiger partial charge < -0.3 is 10.1 Å². The van der Waals surface area contributed by atoms with Gasteiger partial charge in [-0.05, 0) is 49.6 Å². The molecule has 4 heteroatoms. The van der Waals surface area contributed by atoms with Gasteiger partial charge in [0.15, 0.2) is 0 Å². The first-order valence-electron chi connectivity index (χ1n) is 8.34. The zero-order valence-corrected chi connectivity index (χ0v) is 14.6. The maximum atomic E-state index is 12.7. The SMILES string of the molecule is Cc1ccc(OCCNC(=O)C2(c3cccc(Cl)c3)CCC2)cc1. The summed E-state index contributed by atoms with van der Waals surface area (Å²) in [7, 11) is 0. The van der Waals surface area contributed by atoms with E-state index in [1.807, 2.05) is 55.5 Å². The van der Waals surface area contributed by atoms with Gasteiger partial charge in [0.25, 0.3) is 0 Å². The molecule has 1 N–H and O–H groups in total. The van der Waals surface area contributed by atoms with Crippen molar-refractivity contribution in [2.24, 2.45) is 0 Å². The van der Waals surface area contributed by atoms with Gasteiger partial charge in [0.1, 0.15) is 12.4 Å². The molecular formula is C20H22ClNO2. The van der Waals surface area contributed by atoms with Gasteiger partial charge in [0.05, 0.1) is 12.0 Å². The third-order valence-electron chi connectivity index (χ3n) is 4.70. The Morgan fingerprint density at radius 3 is 2.58 bits per heavy atom. The van der Waals surface area contributed by atoms with Crippen LogP contribution in [0.5, 0.6) is 5.75 Å². The standard InChI is InChI=1S/C20H22ClNO2/c1-15-6-8-18(9-7-15)24-13-12-22-19(23)20(10-3-11-20)16-4-2-5-17(21)14-16/h2,4-9,14H,3,10-13H2,1H3,(H,22,23). The van der Waals surface area contributed by atoms with Crippen molar-refractivity contribution in [1.29, 1.82) is 0 Å². The van der Waals surface area contributed by atoms with Crippen molar-refractivity contribution in [3.63, 3.8) is 0 Å². The summed E-state index contributed by atoms with van der Waals surface area (Å²) in [5.41, 5.74) is 1.79. The van der Waals surface area contributed by atoms with E-state index in [2.05, 4.69) is 5.32 Å². The third kappa shape index (κ3) is 3.57. The van der Waals surface area contributed by atoms with Crippen LogP contribution in [-0.4, -0.2) is 19.1 Å². The van der Waals surface area contributed by atoms with Gasteiger partial charge in [-0.2, -0.15) is 0 Å². The summed E-state index contributed by atoms with van der Waals surface area (Å²) in [6.45, 7) is 2.99. The van der Waals surface area contributed by atoms with Crippen LogP contribution in [0.15, 0.2) is 48.5 Å². The molecule has 2 aromatic rings. The summed E-state index contributed by atoms with van der Waals surface area (Å²) >= 11 is 6.09. The Bertz CT molecular complexity index is 708. The molecule has 3 nitrogen and oxygen atoms in total. The van der Waals surface area contributed by atoms with Crippen molar-refractivity contribution in [2.75, 3.05) is 13.2 Å². The normalized spacial score (nSPS) is 15.4. The average molecular weight is 344 g/mol. The topological polar surface area (TPSA) is 38.3 Å². The second kappa shape index (κ2) is 7.27. The van der Waals surface area contributed by atoms with Crippen LogP contribution in [-0.2, 0) is 10.2 Å². The van der Waals surface area contributed by atoms with Crippen molar-refractivity contribution in [2.45, 2.75) is 31.6 Å². The van der Waals surface area contributed by atoms with Gasteiger partial charge >= 0.3 is 0 Å². The fraction of sp³-hybridized carbons (Fsp3) is 0.350. The Kier molecular flexibility index (Phi) is 5.10. The lowest BCUT2D eigenvalue weighted by Gasteiger charge is -2.40. The number of amides is 1. The van der Waals surface area contributed by atoms with Crippen LogP contribution in [0.1, 0.15) is 30.4 Å². The minimum atomic E-state index is -0.422. The molecule has 0 bridgehead atoms. The monoisotopic (exact) mass is 343 g/mol. The van der Waals surface area contributed by atoms with Gasteiger partial charge in [0, 0.05) is 5.02 Å². The summed E-state index contributed by atoms with van der Waals surface area (Å²) in [6.07, 6.45) is 2.82. The van der Waals surface area contributed by atoms with Gasteiger partial charge in [-0.1, -0.05) is 47.9 Å². The van der Waals surface area contributed by atoms with Crippen LogP contribution in [0.3, 0.4) is 0 Å². The molecule has 1 saturated carbocycles. The Hall–Kier alpha value is -2.00. The number of hydrogen-bond acceptors (Lipinski definition) is 2. The molecule has 1 aliphatic rings. The van der Waals surface area contributed by atoms with Crippen LogP contribution < -0.4 is 10.1 Å². The van der Waals surface area contributed by atoms with E-state index in [0.29, 0.717) is 18.2 Å². The maximum absolute atomic E-state index is 12.7. The van der Waals surface area contributed by atoms with E-state index in [9.17, 15) is 4.79 Å². The maximum Gasteiger partial charge on any atom is 0.230 e. The van der Waals surface area contributed by atoms with E-state index in [-0.39, 0.29) is 5.91 Å². The molecule has 0 atom stereocenters. The molecule has 0 spiro atoms. The predicted molar refractivity (Wildman–Crippen MR) is 96.7 cm³/mol. The van der Waals surface area contributed by atoms with Gasteiger partial charge in [0.2, 0.25) is 5.91 Å². The minimum Gasteiger partial charge on any atom is -0.492 e. The summed E-state index contributed by atoms with van der Waals surface area (Å²) in [6, 6.07) is 15.5. The van der Waals surface area contributed by atoms with E-state index in [4.69, 9.17) is 16.3 Å². The van der Waals surface area contributed by atoms with Crippen LogP contribution in [0.4, 0.5) is 0 Å². The average Bonchev–Trinajstić information content (AvgIpc) is 2.52. The van der Waals surface area contributed by atoms with E-state index in [0.717, 1.165) is 30.6 Å². The van der Waals surface area contributed by atoms with Gasteiger partial charge in [-0.3, -0.25) is 4.79 Å². The van der Waals surface area contributed by atoms with Crippen molar-refractivity contribution < 1.29 is 9.53 Å². The Balaban J connectivity index is 1.55. The van der Waals surface area contributed by atoms with Gasteiger partial charge in [-0.15, -0.1) is 0 Å². The molecule has 0 heterocycles. The third-order valence-corrected chi connectivity index (χ3v) is 4.93. The van der Waals surface area contributed by atoms with Crippen molar-refractivity contribution in [1.82, 2.24) is 5.32 Å². The van der Waals surface area contributed by atoms with E-state index >= 15 is 0 Å². The van der Waals surface area contributed by atoms with Crippen LogP contribution in [0.25, 0.3) is 0 Å². The first-order valence-corrected chi connectivity index (χ1v) is 8.72. The lowest BCUT2D eigenvalue weighted by molar-refractivity contribution is -0.130. The summed E-state index contributed by atoms with van der Waals surface area (Å²) in [5, 5.41) is 3.69. The first-order chi connectivity index (χ1) is 11.6. The second-order valence-electron chi connectivity index (χ2n) is 6.36. The lowest BCUT2D eigenvalue weighted by Crippen LogP contribution is -2.50. The molecule has 2 aromatic carbocycles. The number of aryl methyl sites for hydroxylation is 1. The highest BCUT2D eigenvalue weighted by atomic mass is 35.5. The zero-order chi connectivity index (χ0) is 17.0. The number of carbonyl (C=O) groups is 1. The van der Waals surface area contributed by atoms with Crippen molar-refractivity contribution in [3.05, 3.63) is 64.7 Å². The fourth-order valence-corrected chi connectivity index (χ4v) is 3.29. The first kappa shape index (κ1) is 16.8. The molecule has 126 valence electrons. The Morgan fingerprint density at radius 2 is 1.96 bits per heavy atom. The molecule has 0 radical (unpaired) electrons. The van der Waals surface area contributed by atoms with Crippen LogP contribution in [0.2, 0.25) is 5.02 Å². The molecular weight excluding hydrogens is 322 g/mol. The molecule has 1 amide bonds. The van der Waals surface area contributed by atoms with Gasteiger partial charge in [-0.25, -0.2) is 0 Å². The molecule has 0 unspecified atom stereocenters. The highest BCUT2D eigenvalue weighted by Gasteiger charge is 2.45. The number of nitrogens with one attached hydrogen (secondary N) is 1. The van der Waals surface area contributed by atoms with Crippen LogP contribution in [0, 0.1) is 6.92 Å². The van der Waals surface area contributed by atoms with E-state index in [1.165, 1.54) is 5.56 Å². The number of benzene rings is 2. The summed E-state index contributed by atoms with van der Waals surface area (Å²) in [5.74, 6) is 0.895. The summed E-state index contributed by atoms with van der Waals surface area (Å²) < 4.78 is 5.66. The lowest BCUT2D eigenvalue weighted by atomic mass is 9.64. The smallest absolute Gasteiger partial charge is 0.230 e. The molecule has 1 fully saturated rings. The number of hydrogen-bond donors (Lipinski definition) is 1. The number of carbonyl (C=O) groups excluding carboxylic acids is 1. The Morgan fingerprint density at radius 1 is 1.21 bits per heavy atom. The molecule has 0 aliphatic heterocycles. The molecule has 0 aromatic heterocycles. The van der Waals surface area contributed by atoms with Crippen molar-refractivity contribution >= 4 is 17.5 Å². The van der Waals surface area contributed by atoms with Crippen molar-refractivity contribution in [3.8, 4) is 5.75 Å². The molecule has 24 heavy (non-hydrogen) atoms. The van der Waals surface area contributed by atoms with E-state index < -0.39 is 5.41 Å². The Labute approximate surface area is 148 Å². The number of ether oxygens (including phenoxy) is 1. The highest BCUT2D eigenvalue weighted by Crippen LogP contribution is 2.44. The second-order valence-corrected chi connectivity index (χ2v) is 6.80. The quantitative estimate of drug-likeness (QED) is 0.796. The predicted octanol–water partition coefficient (Wildman–Crippen LogP) is 4.27. The summed E-state index contributed by atoms with van der Waals surface area (Å²) in [4.78, 5) is 12.7. The number of halogens is 1. The zero-order valence-electron chi connectivity index (χ0n) is 13.8. The number of rotatable bonds is 6. The molecule has 0 saturated heterocycles. The largest absolute Gasteiger partial charge is 0.492 e. The van der Waals surface area contributed by atoms with Crippen LogP contribution >= 0.6 is 11.6 Å². The molecule has 3 rings (SSSR count). The minimum absolute atomic E-state index is 0.0727. The fourth-order valence-electron chi connectivity index (χ4n) is 3.10. The van der Waals surface area contributed by atoms with E-state index in [1.54, 1.807) is 0 Å².